The van der Waals surface area contributed by atoms with E-state index in [0.29, 0.717) is 20.8 Å². The van der Waals surface area contributed by atoms with Gasteiger partial charge in [-0.15, -0.1) is 0 Å². The molecule has 0 aliphatic rings. The molecule has 22 heavy (non-hydrogen) atoms. The summed E-state index contributed by atoms with van der Waals surface area (Å²) in [5, 5.41) is 3.73. The second kappa shape index (κ2) is 6.39. The van der Waals surface area contributed by atoms with Gasteiger partial charge in [0.25, 0.3) is 10.1 Å². The number of nitrogens with one attached hydrogen (secondary N) is 1. The largest absolute Gasteiger partial charge is 0.398 e. The first-order valence-corrected chi connectivity index (χ1v) is 9.34. The van der Waals surface area contributed by atoms with Crippen LogP contribution in [-0.4, -0.2) is 23.3 Å². The number of rotatable bonds is 4. The summed E-state index contributed by atoms with van der Waals surface area (Å²) in [6.45, 7) is 1.39. The van der Waals surface area contributed by atoms with Crippen LogP contribution >= 0.6 is 22.6 Å². The van der Waals surface area contributed by atoms with Crippen molar-refractivity contribution in [1.82, 2.24) is 5.32 Å². The van der Waals surface area contributed by atoms with E-state index in [0.717, 1.165) is 0 Å². The zero-order valence-corrected chi connectivity index (χ0v) is 14.7. The standard InChI is InChI=1S/C14H15IN2O4S/c1-8(18)17-12(7-15)10-4-2-3-9-5-6-11(16)14(13(9)10)22(19,20)21/h2-6,12H,7,16H2,1H3,(H,17,18)(H,19,20,21). The van der Waals surface area contributed by atoms with Crippen molar-refractivity contribution in [3.63, 3.8) is 0 Å². The fourth-order valence-electron chi connectivity index (χ4n) is 2.40. The molecule has 2 rings (SSSR count). The molecular weight excluding hydrogens is 419 g/mol. The zero-order chi connectivity index (χ0) is 16.5. The lowest BCUT2D eigenvalue weighted by Crippen LogP contribution is -2.27. The Kier molecular flexibility index (Phi) is 4.93. The van der Waals surface area contributed by atoms with E-state index in [-0.39, 0.29) is 22.5 Å². The number of amides is 1. The summed E-state index contributed by atoms with van der Waals surface area (Å²) in [7, 11) is -4.49. The first kappa shape index (κ1) is 17.0. The van der Waals surface area contributed by atoms with Crippen LogP contribution in [0.4, 0.5) is 5.69 Å². The van der Waals surface area contributed by atoms with Crippen LogP contribution in [0.5, 0.6) is 0 Å². The average Bonchev–Trinajstić information content (AvgIpc) is 2.42. The van der Waals surface area contributed by atoms with Crippen LogP contribution < -0.4 is 11.1 Å². The van der Waals surface area contributed by atoms with E-state index in [1.54, 1.807) is 24.3 Å². The molecule has 0 aliphatic heterocycles. The Bertz CT molecular complexity index is 836. The normalized spacial score (nSPS) is 13.0. The second-order valence-corrected chi connectivity index (χ2v) is 7.05. The Balaban J connectivity index is 2.86. The first-order valence-electron chi connectivity index (χ1n) is 6.37. The van der Waals surface area contributed by atoms with Gasteiger partial charge in [0.2, 0.25) is 5.91 Å². The van der Waals surface area contributed by atoms with Crippen molar-refractivity contribution in [3.05, 3.63) is 35.9 Å². The highest BCUT2D eigenvalue weighted by Crippen LogP contribution is 2.34. The third-order valence-electron chi connectivity index (χ3n) is 3.23. The maximum absolute atomic E-state index is 11.7. The number of carbonyl (C=O) groups excluding carboxylic acids is 1. The number of carbonyl (C=O) groups is 1. The van der Waals surface area contributed by atoms with Crippen LogP contribution in [0.1, 0.15) is 18.5 Å². The maximum Gasteiger partial charge on any atom is 0.297 e. The third kappa shape index (κ3) is 3.33. The molecule has 0 aromatic heterocycles. The van der Waals surface area contributed by atoms with Crippen molar-refractivity contribution in [1.29, 1.82) is 0 Å². The minimum absolute atomic E-state index is 0.0301. The van der Waals surface area contributed by atoms with Gasteiger partial charge in [-0.05, 0) is 17.0 Å². The van der Waals surface area contributed by atoms with Crippen molar-refractivity contribution in [2.24, 2.45) is 0 Å². The van der Waals surface area contributed by atoms with E-state index in [1.807, 2.05) is 0 Å². The lowest BCUT2D eigenvalue weighted by molar-refractivity contribution is -0.119. The molecule has 2 aromatic carbocycles. The summed E-state index contributed by atoms with van der Waals surface area (Å²) >= 11 is 2.10. The van der Waals surface area contributed by atoms with E-state index in [1.165, 1.54) is 13.0 Å². The number of hydrogen-bond acceptors (Lipinski definition) is 4. The van der Waals surface area contributed by atoms with Gasteiger partial charge in [0.05, 0.1) is 11.7 Å². The minimum atomic E-state index is -4.49. The SMILES string of the molecule is CC(=O)NC(CI)c1cccc2ccc(N)c(S(=O)(=O)O)c12. The van der Waals surface area contributed by atoms with Gasteiger partial charge in [0.1, 0.15) is 4.90 Å². The molecular formula is C14H15IN2O4S. The lowest BCUT2D eigenvalue weighted by atomic mass is 9.99. The fraction of sp³-hybridized carbons (Fsp3) is 0.214. The van der Waals surface area contributed by atoms with Gasteiger partial charge in [-0.25, -0.2) is 0 Å². The Labute approximate surface area is 142 Å². The van der Waals surface area contributed by atoms with Crippen molar-refractivity contribution < 1.29 is 17.8 Å². The predicted octanol–water partition coefficient (Wildman–Crippen LogP) is 2.28. The summed E-state index contributed by atoms with van der Waals surface area (Å²) in [4.78, 5) is 11.0. The Morgan fingerprint density at radius 2 is 2.05 bits per heavy atom. The number of nitrogens with two attached hydrogens (primary N) is 1. The van der Waals surface area contributed by atoms with Gasteiger partial charge < -0.3 is 11.1 Å². The highest BCUT2D eigenvalue weighted by Gasteiger charge is 2.23. The van der Waals surface area contributed by atoms with Gasteiger partial charge in [-0.1, -0.05) is 46.9 Å². The fourth-order valence-corrected chi connectivity index (χ4v) is 3.96. The molecule has 1 atom stereocenters. The Hall–Kier alpha value is -1.39. The number of halogens is 1. The van der Waals surface area contributed by atoms with Crippen molar-refractivity contribution >= 4 is 55.1 Å². The molecule has 0 saturated heterocycles. The molecule has 0 spiro atoms. The number of benzene rings is 2. The van der Waals surface area contributed by atoms with Crippen LogP contribution in [-0.2, 0) is 14.9 Å². The van der Waals surface area contributed by atoms with Crippen LogP contribution in [0.3, 0.4) is 0 Å². The molecule has 1 amide bonds. The summed E-state index contributed by atoms with van der Waals surface area (Å²) < 4.78 is 33.5. The molecule has 0 radical (unpaired) electrons. The molecule has 1 unspecified atom stereocenters. The quantitative estimate of drug-likeness (QED) is 0.296. The number of fused-ring (bicyclic) bond motifs is 1. The molecule has 0 bridgehead atoms. The molecule has 8 heteroatoms. The van der Waals surface area contributed by atoms with Crippen molar-refractivity contribution in [2.45, 2.75) is 17.9 Å². The molecule has 118 valence electrons. The highest BCUT2D eigenvalue weighted by atomic mass is 127. The molecule has 0 heterocycles. The molecule has 0 aliphatic carbocycles. The van der Waals surface area contributed by atoms with Gasteiger partial charge >= 0.3 is 0 Å². The number of anilines is 1. The maximum atomic E-state index is 11.7. The summed E-state index contributed by atoms with van der Waals surface area (Å²) in [5.74, 6) is -0.226. The zero-order valence-electron chi connectivity index (χ0n) is 11.7. The van der Waals surface area contributed by atoms with Crippen LogP contribution in [0.25, 0.3) is 10.8 Å². The third-order valence-corrected chi connectivity index (χ3v) is 5.06. The summed E-state index contributed by atoms with van der Waals surface area (Å²) in [6.07, 6.45) is 0. The Morgan fingerprint density at radius 1 is 1.36 bits per heavy atom. The second-order valence-electron chi connectivity index (χ2n) is 4.81. The minimum Gasteiger partial charge on any atom is -0.398 e. The van der Waals surface area contributed by atoms with Crippen LogP contribution in [0, 0.1) is 0 Å². The molecule has 0 saturated carbocycles. The molecule has 4 N–H and O–H groups in total. The van der Waals surface area contributed by atoms with E-state index in [9.17, 15) is 17.8 Å². The van der Waals surface area contributed by atoms with Gasteiger partial charge in [-0.2, -0.15) is 8.42 Å². The lowest BCUT2D eigenvalue weighted by Gasteiger charge is -2.19. The van der Waals surface area contributed by atoms with E-state index in [4.69, 9.17) is 5.73 Å². The number of hydrogen-bond donors (Lipinski definition) is 3. The van der Waals surface area contributed by atoms with Gasteiger partial charge in [0, 0.05) is 16.7 Å². The van der Waals surface area contributed by atoms with E-state index < -0.39 is 10.1 Å². The van der Waals surface area contributed by atoms with E-state index in [2.05, 4.69) is 27.9 Å². The highest BCUT2D eigenvalue weighted by molar-refractivity contribution is 14.1. The van der Waals surface area contributed by atoms with Crippen molar-refractivity contribution in [3.8, 4) is 0 Å². The van der Waals surface area contributed by atoms with Crippen LogP contribution in [0.2, 0.25) is 0 Å². The van der Waals surface area contributed by atoms with Gasteiger partial charge in [-0.3, -0.25) is 9.35 Å². The molecule has 6 nitrogen and oxygen atoms in total. The number of alkyl halides is 1. The Morgan fingerprint density at radius 3 is 2.59 bits per heavy atom. The smallest absolute Gasteiger partial charge is 0.297 e. The molecule has 0 fully saturated rings. The van der Waals surface area contributed by atoms with Crippen molar-refractivity contribution in [2.75, 3.05) is 10.2 Å². The van der Waals surface area contributed by atoms with Crippen LogP contribution in [0.15, 0.2) is 35.2 Å². The molecule has 2 aromatic rings. The van der Waals surface area contributed by atoms with E-state index >= 15 is 0 Å². The average molecular weight is 434 g/mol. The predicted molar refractivity (Wildman–Crippen MR) is 93.6 cm³/mol. The monoisotopic (exact) mass is 434 g/mol. The topological polar surface area (TPSA) is 109 Å². The number of nitrogen functional groups attached to an aromatic ring is 1. The summed E-state index contributed by atoms with van der Waals surface area (Å²) in [5.41, 5.74) is 6.33. The summed E-state index contributed by atoms with van der Waals surface area (Å²) in [6, 6.07) is 7.95. The van der Waals surface area contributed by atoms with Gasteiger partial charge in [0.15, 0.2) is 0 Å². The first-order chi connectivity index (χ1) is 10.3.